The Morgan fingerprint density at radius 3 is 2.59 bits per heavy atom. The average molecular weight is 413 g/mol. The molecule has 0 aliphatic carbocycles. The Hall–Kier alpha value is 0.520. The lowest BCUT2D eigenvalue weighted by Gasteiger charge is -2.11. The highest BCUT2D eigenvalue weighted by molar-refractivity contribution is 9.13. The number of rotatable bonds is 3. The molecule has 0 radical (unpaired) electrons. The molecule has 0 amide bonds. The fourth-order valence-corrected chi connectivity index (χ4v) is 4.69. The van der Waals surface area contributed by atoms with Gasteiger partial charge in [-0.15, -0.1) is 34.7 Å². The van der Waals surface area contributed by atoms with Crippen molar-refractivity contribution >= 4 is 66.6 Å². The molecule has 0 spiro atoms. The molecule has 1 aromatic carbocycles. The fraction of sp³-hybridized carbons (Fsp3) is 0.167. The summed E-state index contributed by atoms with van der Waals surface area (Å²) in [5.74, 6) is 0. The minimum absolute atomic E-state index is 0.0914. The topological polar surface area (TPSA) is 0 Å². The van der Waals surface area contributed by atoms with Gasteiger partial charge < -0.3 is 0 Å². The van der Waals surface area contributed by atoms with E-state index in [0.29, 0.717) is 0 Å². The monoisotopic (exact) mass is 410 g/mol. The van der Waals surface area contributed by atoms with E-state index in [1.54, 1.807) is 23.1 Å². The van der Waals surface area contributed by atoms with Crippen LogP contribution in [0.15, 0.2) is 43.5 Å². The van der Waals surface area contributed by atoms with Crippen LogP contribution in [-0.2, 0) is 0 Å². The summed E-state index contributed by atoms with van der Waals surface area (Å²) < 4.78 is 2.14. The minimum atomic E-state index is -0.0914. The second-order valence-electron chi connectivity index (χ2n) is 3.37. The van der Waals surface area contributed by atoms with E-state index in [0.717, 1.165) is 13.1 Å². The van der Waals surface area contributed by atoms with Crippen LogP contribution in [-0.4, -0.2) is 6.26 Å². The minimum Gasteiger partial charge on any atom is -0.130 e. The first-order chi connectivity index (χ1) is 8.13. The smallest absolute Gasteiger partial charge is 0.0939 e. The number of benzene rings is 1. The average Bonchev–Trinajstić information content (AvgIpc) is 2.68. The molecule has 1 heterocycles. The molecule has 0 saturated carbocycles. The normalized spacial score (nSPS) is 12.7. The molecule has 2 rings (SSSR count). The largest absolute Gasteiger partial charge is 0.130 e. The van der Waals surface area contributed by atoms with Crippen molar-refractivity contribution < 1.29 is 0 Å². The Morgan fingerprint density at radius 2 is 2.00 bits per heavy atom. The van der Waals surface area contributed by atoms with E-state index in [4.69, 9.17) is 11.6 Å². The zero-order valence-corrected chi connectivity index (χ0v) is 14.5. The van der Waals surface area contributed by atoms with Crippen LogP contribution in [0.5, 0.6) is 0 Å². The van der Waals surface area contributed by atoms with Crippen LogP contribution in [0.1, 0.15) is 15.8 Å². The van der Waals surface area contributed by atoms with Crippen LogP contribution < -0.4 is 0 Å². The predicted octanol–water partition coefficient (Wildman–Crippen LogP) is 6.32. The highest BCUT2D eigenvalue weighted by atomic mass is 79.9. The molecule has 0 fully saturated rings. The Kier molecular flexibility index (Phi) is 5.01. The highest BCUT2D eigenvalue weighted by Crippen LogP contribution is 2.42. The van der Waals surface area contributed by atoms with E-state index >= 15 is 0 Å². The lowest BCUT2D eigenvalue weighted by molar-refractivity contribution is 1.12. The summed E-state index contributed by atoms with van der Waals surface area (Å²) in [4.78, 5) is 2.38. The van der Waals surface area contributed by atoms with Gasteiger partial charge in [0.15, 0.2) is 0 Å². The quantitative estimate of drug-likeness (QED) is 0.420. The van der Waals surface area contributed by atoms with Crippen molar-refractivity contribution in [1.82, 2.24) is 0 Å². The van der Waals surface area contributed by atoms with Crippen LogP contribution in [0.2, 0.25) is 0 Å². The standard InChI is InChI=1S/C12H9Br2ClS2/c1-16-9-5-3-2-4-7(9)11(15)10-6-8(13)12(14)17-10/h2-6,11H,1H3. The Bertz CT molecular complexity index is 505. The third kappa shape index (κ3) is 3.10. The van der Waals surface area contributed by atoms with Crippen LogP contribution in [0, 0.1) is 0 Å². The SMILES string of the molecule is CSc1ccccc1C(Cl)c1cc(Br)c(Br)s1. The Labute approximate surface area is 131 Å². The third-order valence-corrected chi connectivity index (χ3v) is 7.06. The first-order valence-electron chi connectivity index (χ1n) is 4.85. The van der Waals surface area contributed by atoms with E-state index in [2.05, 4.69) is 56.3 Å². The van der Waals surface area contributed by atoms with Gasteiger partial charge in [-0.25, -0.2) is 0 Å². The molecule has 0 aliphatic rings. The van der Waals surface area contributed by atoms with Gasteiger partial charge in [-0.3, -0.25) is 0 Å². The number of thiophene rings is 1. The molecule has 1 atom stereocenters. The van der Waals surface area contributed by atoms with Gasteiger partial charge in [0.2, 0.25) is 0 Å². The summed E-state index contributed by atoms with van der Waals surface area (Å²) in [5, 5.41) is -0.0914. The molecule has 0 N–H and O–H groups in total. The van der Waals surface area contributed by atoms with Crippen molar-refractivity contribution in [3.05, 3.63) is 49.0 Å². The molecule has 0 nitrogen and oxygen atoms in total. The van der Waals surface area contributed by atoms with E-state index in [9.17, 15) is 0 Å². The number of thioether (sulfide) groups is 1. The Morgan fingerprint density at radius 1 is 1.29 bits per heavy atom. The maximum Gasteiger partial charge on any atom is 0.0939 e. The van der Waals surface area contributed by atoms with Gasteiger partial charge in [0.05, 0.1) is 9.16 Å². The molecule has 1 unspecified atom stereocenters. The molecule has 1 aromatic heterocycles. The van der Waals surface area contributed by atoms with Gasteiger partial charge in [0, 0.05) is 14.2 Å². The lowest BCUT2D eigenvalue weighted by Crippen LogP contribution is -1.92. The van der Waals surface area contributed by atoms with Crippen LogP contribution >= 0.6 is 66.6 Å². The summed E-state index contributed by atoms with van der Waals surface area (Å²) in [6.45, 7) is 0. The van der Waals surface area contributed by atoms with E-state index < -0.39 is 0 Å². The predicted molar refractivity (Wildman–Crippen MR) is 85.6 cm³/mol. The van der Waals surface area contributed by atoms with Crippen molar-refractivity contribution in [1.29, 1.82) is 0 Å². The number of halogens is 3. The molecule has 5 heteroatoms. The maximum absolute atomic E-state index is 6.56. The molecule has 0 saturated heterocycles. The number of hydrogen-bond donors (Lipinski definition) is 0. The van der Waals surface area contributed by atoms with Gasteiger partial charge >= 0.3 is 0 Å². The lowest BCUT2D eigenvalue weighted by atomic mass is 10.1. The van der Waals surface area contributed by atoms with Gasteiger partial charge in [-0.2, -0.15) is 0 Å². The van der Waals surface area contributed by atoms with Gasteiger partial charge in [-0.1, -0.05) is 18.2 Å². The zero-order chi connectivity index (χ0) is 12.4. The van der Waals surface area contributed by atoms with Crippen molar-refractivity contribution in [2.45, 2.75) is 10.3 Å². The van der Waals surface area contributed by atoms with Crippen molar-refractivity contribution in [2.24, 2.45) is 0 Å². The van der Waals surface area contributed by atoms with Crippen LogP contribution in [0.25, 0.3) is 0 Å². The number of hydrogen-bond acceptors (Lipinski definition) is 2. The summed E-state index contributed by atoms with van der Waals surface area (Å²) in [7, 11) is 0. The van der Waals surface area contributed by atoms with Crippen LogP contribution in [0.3, 0.4) is 0 Å². The first-order valence-corrected chi connectivity index (χ1v) is 8.91. The maximum atomic E-state index is 6.56. The van der Waals surface area contributed by atoms with Crippen molar-refractivity contribution in [3.63, 3.8) is 0 Å². The summed E-state index contributed by atoms with van der Waals surface area (Å²) >= 11 is 16.9. The molecule has 0 aliphatic heterocycles. The summed E-state index contributed by atoms with van der Waals surface area (Å²) in [6, 6.07) is 10.3. The van der Waals surface area contributed by atoms with Gasteiger partial charge in [0.25, 0.3) is 0 Å². The van der Waals surface area contributed by atoms with Crippen molar-refractivity contribution in [3.8, 4) is 0 Å². The third-order valence-electron chi connectivity index (χ3n) is 2.33. The molecular weight excluding hydrogens is 404 g/mol. The zero-order valence-electron chi connectivity index (χ0n) is 8.91. The highest BCUT2D eigenvalue weighted by Gasteiger charge is 2.17. The summed E-state index contributed by atoms with van der Waals surface area (Å²) in [5.41, 5.74) is 1.17. The van der Waals surface area contributed by atoms with Gasteiger partial charge in [-0.05, 0) is 55.8 Å². The molecule has 90 valence electrons. The van der Waals surface area contributed by atoms with Crippen molar-refractivity contribution in [2.75, 3.05) is 6.26 Å². The molecule has 0 bridgehead atoms. The first kappa shape index (κ1) is 13.9. The van der Waals surface area contributed by atoms with E-state index in [1.165, 1.54) is 10.5 Å². The second kappa shape index (κ2) is 6.11. The fourth-order valence-electron chi connectivity index (χ4n) is 1.52. The molecule has 2 aromatic rings. The number of alkyl halides is 1. The van der Waals surface area contributed by atoms with Crippen LogP contribution in [0.4, 0.5) is 0 Å². The molecule has 17 heavy (non-hydrogen) atoms. The van der Waals surface area contributed by atoms with E-state index in [1.807, 2.05) is 12.1 Å². The second-order valence-corrected chi connectivity index (χ2v) is 7.92. The summed E-state index contributed by atoms with van der Waals surface area (Å²) in [6.07, 6.45) is 2.07. The molecular formula is C12H9Br2ClS2. The Balaban J connectivity index is 2.39. The van der Waals surface area contributed by atoms with E-state index in [-0.39, 0.29) is 5.38 Å². The van der Waals surface area contributed by atoms with Gasteiger partial charge in [0.1, 0.15) is 0 Å².